The Balaban J connectivity index is 1.47. The number of benzene rings is 5. The number of rotatable bonds is 22. The van der Waals surface area contributed by atoms with Crippen LogP contribution in [0.25, 0.3) is 0 Å². The summed E-state index contributed by atoms with van der Waals surface area (Å²) < 4.78 is 151. The van der Waals surface area contributed by atoms with Crippen LogP contribution < -0.4 is 0 Å². The zero-order valence-corrected chi connectivity index (χ0v) is 39.6. The van der Waals surface area contributed by atoms with E-state index in [1.165, 1.54) is 60.7 Å². The Hall–Kier alpha value is -4.35. The summed E-state index contributed by atoms with van der Waals surface area (Å²) in [6.45, 7) is 4.50. The Morgan fingerprint density at radius 3 is 0.714 bits per heavy atom. The van der Waals surface area contributed by atoms with Gasteiger partial charge >= 0.3 is 0 Å². The minimum Gasteiger partial charge on any atom is -0.265 e. The fourth-order valence-electron chi connectivity index (χ4n) is 6.12. The molecule has 5 aromatic carbocycles. The number of aryl methyl sites for hydroxylation is 5. The molecule has 0 fully saturated rings. The van der Waals surface area contributed by atoms with E-state index in [9.17, 15) is 42.1 Å². The topological polar surface area (TPSA) is 199 Å². The van der Waals surface area contributed by atoms with Gasteiger partial charge in [-0.3, -0.25) is 8.37 Å². The second-order valence-electron chi connectivity index (χ2n) is 14.8. The molecule has 0 atom stereocenters. The Kier molecular flexibility index (Phi) is 16.3. The normalized spacial score (nSPS) is 13.0. The summed E-state index contributed by atoms with van der Waals surface area (Å²) >= 11 is 0. The summed E-state index contributed by atoms with van der Waals surface area (Å²) in [6.07, 6.45) is 0. The van der Waals surface area contributed by atoms with Gasteiger partial charge in [-0.15, -0.1) is 0 Å². The fourth-order valence-corrected chi connectivity index (χ4v) is 12.2. The molecule has 0 unspecified atom stereocenters. The lowest BCUT2D eigenvalue weighted by Gasteiger charge is -2.29. The molecule has 5 rings (SSSR count). The maximum Gasteiger partial charge on any atom is 0.297 e. The second kappa shape index (κ2) is 20.7. The summed E-state index contributed by atoms with van der Waals surface area (Å²) in [6, 6.07) is 29.5. The standard InChI is InChI=1S/C43H51N3O12S5/c1-34-6-16-39(17-7-34)59(47,48)44(26-28-45(60(49,50)40-18-8-35(2)9-19-40)30-32-57-62(53,54)42-22-12-37(4)13-23-42)27-29-46(61(51,52)41-20-10-36(3)11-21-41)31-33-58-63(55,56)43-24-14-38(5)15-25-43/h6-25H,26-33H2,1-5H3. The van der Waals surface area contributed by atoms with Crippen molar-refractivity contribution in [2.24, 2.45) is 0 Å². The van der Waals surface area contributed by atoms with Crippen molar-refractivity contribution in [2.75, 3.05) is 52.5 Å². The molecule has 20 heteroatoms. The van der Waals surface area contributed by atoms with Crippen LogP contribution in [0.4, 0.5) is 0 Å². The molecule has 0 amide bonds. The molecule has 0 bridgehead atoms. The average Bonchev–Trinajstić information content (AvgIpc) is 3.22. The quantitative estimate of drug-likeness (QED) is 0.0801. The van der Waals surface area contributed by atoms with Crippen LogP contribution in [-0.4, -0.2) is 107 Å². The van der Waals surface area contributed by atoms with E-state index in [0.717, 1.165) is 40.7 Å². The Morgan fingerprint density at radius 2 is 0.492 bits per heavy atom. The van der Waals surface area contributed by atoms with Gasteiger partial charge in [0.2, 0.25) is 30.1 Å². The summed E-state index contributed by atoms with van der Waals surface area (Å²) in [5.41, 5.74) is 3.92. The van der Waals surface area contributed by atoms with Gasteiger partial charge in [0.05, 0.1) is 37.7 Å². The minimum atomic E-state index is -4.47. The van der Waals surface area contributed by atoms with Gasteiger partial charge in [0.1, 0.15) is 0 Å². The molecule has 0 saturated heterocycles. The van der Waals surface area contributed by atoms with E-state index in [1.54, 1.807) is 95.3 Å². The second-order valence-corrected chi connectivity index (χ2v) is 23.9. The van der Waals surface area contributed by atoms with Gasteiger partial charge in [0, 0.05) is 39.3 Å². The highest BCUT2D eigenvalue weighted by atomic mass is 32.2. The van der Waals surface area contributed by atoms with Crippen molar-refractivity contribution in [2.45, 2.75) is 59.1 Å². The molecule has 15 nitrogen and oxygen atoms in total. The Bertz CT molecular complexity index is 2730. The highest BCUT2D eigenvalue weighted by Gasteiger charge is 2.32. The minimum absolute atomic E-state index is 0.139. The predicted octanol–water partition coefficient (Wildman–Crippen LogP) is 5.41. The van der Waals surface area contributed by atoms with Crippen LogP contribution in [0.15, 0.2) is 146 Å². The van der Waals surface area contributed by atoms with E-state index in [4.69, 9.17) is 8.37 Å². The maximum absolute atomic E-state index is 14.4. The number of hydrogen-bond acceptors (Lipinski definition) is 12. The highest BCUT2D eigenvalue weighted by Crippen LogP contribution is 2.23. The molecular weight excluding hydrogens is 911 g/mol. The van der Waals surface area contributed by atoms with Crippen molar-refractivity contribution in [1.29, 1.82) is 0 Å². The fraction of sp³-hybridized carbons (Fsp3) is 0.302. The Labute approximate surface area is 372 Å². The van der Waals surface area contributed by atoms with E-state index >= 15 is 0 Å². The molecule has 0 saturated carbocycles. The molecule has 0 heterocycles. The average molecular weight is 962 g/mol. The first-order valence-electron chi connectivity index (χ1n) is 19.6. The van der Waals surface area contributed by atoms with Gasteiger partial charge in [0.15, 0.2) is 0 Å². The molecule has 0 radical (unpaired) electrons. The monoisotopic (exact) mass is 961 g/mol. The molecule has 0 aliphatic heterocycles. The summed E-state index contributed by atoms with van der Waals surface area (Å²) in [4.78, 5) is -0.717. The van der Waals surface area contributed by atoms with Crippen LogP contribution in [0.2, 0.25) is 0 Å². The smallest absolute Gasteiger partial charge is 0.265 e. The molecule has 0 aliphatic carbocycles. The Morgan fingerprint density at radius 1 is 0.302 bits per heavy atom. The van der Waals surface area contributed by atoms with Crippen LogP contribution in [0.1, 0.15) is 27.8 Å². The number of sulfonamides is 3. The van der Waals surface area contributed by atoms with Gasteiger partial charge in [-0.05, 0) is 95.3 Å². The highest BCUT2D eigenvalue weighted by molar-refractivity contribution is 7.90. The van der Waals surface area contributed by atoms with E-state index in [-0.39, 0.29) is 24.5 Å². The third-order valence-electron chi connectivity index (χ3n) is 9.95. The number of nitrogens with zero attached hydrogens (tertiary/aromatic N) is 3. The lowest BCUT2D eigenvalue weighted by Crippen LogP contribution is -2.46. The zero-order chi connectivity index (χ0) is 46.2. The van der Waals surface area contributed by atoms with Crippen molar-refractivity contribution in [3.63, 3.8) is 0 Å². The third-order valence-corrected chi connectivity index (χ3v) is 18.3. The van der Waals surface area contributed by atoms with Gasteiger partial charge in [0.25, 0.3) is 20.2 Å². The lowest BCUT2D eigenvalue weighted by atomic mass is 10.2. The van der Waals surface area contributed by atoms with Crippen molar-refractivity contribution in [3.05, 3.63) is 149 Å². The van der Waals surface area contributed by atoms with E-state index in [0.29, 0.717) is 0 Å². The van der Waals surface area contributed by atoms with Crippen molar-refractivity contribution in [1.82, 2.24) is 12.9 Å². The predicted molar refractivity (Wildman–Crippen MR) is 238 cm³/mol. The SMILES string of the molecule is Cc1ccc(S(=O)(=O)OCCN(CCN(CCN(CCOS(=O)(=O)c2ccc(C)cc2)S(=O)(=O)c2ccc(C)cc2)S(=O)(=O)c2ccc(C)cc2)S(=O)(=O)c2ccc(C)cc2)cc1. The third kappa shape index (κ3) is 12.9. The summed E-state index contributed by atoms with van der Waals surface area (Å²) in [7, 11) is -21.9. The van der Waals surface area contributed by atoms with Crippen LogP contribution in [-0.2, 0) is 58.7 Å². The van der Waals surface area contributed by atoms with Crippen LogP contribution in [0, 0.1) is 34.6 Å². The van der Waals surface area contributed by atoms with Gasteiger partial charge in [-0.25, -0.2) is 25.3 Å². The first kappa shape index (κ1) is 49.7. The molecule has 340 valence electrons. The number of hydrogen-bond donors (Lipinski definition) is 0. The first-order valence-corrected chi connectivity index (χ1v) is 26.8. The molecule has 0 N–H and O–H groups in total. The van der Waals surface area contributed by atoms with E-state index < -0.39 is 103 Å². The first-order chi connectivity index (χ1) is 29.5. The largest absolute Gasteiger partial charge is 0.297 e. The zero-order valence-electron chi connectivity index (χ0n) is 35.5. The van der Waals surface area contributed by atoms with E-state index in [2.05, 4.69) is 0 Å². The van der Waals surface area contributed by atoms with Gasteiger partial charge < -0.3 is 0 Å². The summed E-state index contributed by atoms with van der Waals surface area (Å²) in [5, 5.41) is 0. The molecule has 63 heavy (non-hydrogen) atoms. The van der Waals surface area contributed by atoms with E-state index in [1.807, 2.05) is 0 Å². The van der Waals surface area contributed by atoms with Gasteiger partial charge in [-0.1, -0.05) is 88.5 Å². The van der Waals surface area contributed by atoms with Crippen molar-refractivity contribution in [3.8, 4) is 0 Å². The van der Waals surface area contributed by atoms with Crippen molar-refractivity contribution >= 4 is 50.3 Å². The molecule has 0 aliphatic rings. The molecule has 5 aromatic rings. The van der Waals surface area contributed by atoms with Crippen LogP contribution in [0.5, 0.6) is 0 Å². The molecular formula is C43H51N3O12S5. The van der Waals surface area contributed by atoms with Crippen LogP contribution >= 0.6 is 0 Å². The van der Waals surface area contributed by atoms with Gasteiger partial charge in [-0.2, -0.15) is 29.8 Å². The summed E-state index contributed by atoms with van der Waals surface area (Å²) in [5.74, 6) is 0. The maximum atomic E-state index is 14.4. The lowest BCUT2D eigenvalue weighted by molar-refractivity contribution is 0.253. The molecule has 0 aromatic heterocycles. The van der Waals surface area contributed by atoms with Crippen LogP contribution in [0.3, 0.4) is 0 Å². The molecule has 0 spiro atoms. The van der Waals surface area contributed by atoms with Crippen molar-refractivity contribution < 1.29 is 50.5 Å².